The first-order chi connectivity index (χ1) is 12.2. The van der Waals surface area contributed by atoms with Crippen LogP contribution in [0.15, 0.2) is 46.3 Å². The summed E-state index contributed by atoms with van der Waals surface area (Å²) in [6.07, 6.45) is 0. The Morgan fingerprint density at radius 3 is 3.00 bits per heavy atom. The number of nitrogens with zero attached hydrogens (tertiary/aromatic N) is 3. The average molecular weight is 356 g/mol. The minimum absolute atomic E-state index is 0.0808. The van der Waals surface area contributed by atoms with E-state index in [1.807, 2.05) is 35.7 Å². The fourth-order valence-corrected chi connectivity index (χ4v) is 3.26. The molecule has 2 aromatic heterocycles. The molecule has 0 saturated carbocycles. The van der Waals surface area contributed by atoms with Gasteiger partial charge in [0, 0.05) is 24.8 Å². The van der Waals surface area contributed by atoms with Gasteiger partial charge in [0.1, 0.15) is 5.75 Å². The van der Waals surface area contributed by atoms with E-state index in [1.54, 1.807) is 29.4 Å². The number of carbonyl (C=O) groups is 1. The second-order valence-corrected chi connectivity index (χ2v) is 6.65. The number of methoxy groups -OCH3 is 1. The maximum atomic E-state index is 12.3. The van der Waals surface area contributed by atoms with Gasteiger partial charge in [0.25, 0.3) is 0 Å². The summed E-state index contributed by atoms with van der Waals surface area (Å²) in [5.41, 5.74) is 0.700. The van der Waals surface area contributed by atoms with Crippen LogP contribution in [0, 0.1) is 0 Å². The Hall–Kier alpha value is -2.87. The van der Waals surface area contributed by atoms with E-state index in [2.05, 4.69) is 15.5 Å². The van der Waals surface area contributed by atoms with E-state index in [4.69, 9.17) is 9.26 Å². The van der Waals surface area contributed by atoms with Gasteiger partial charge in [0.2, 0.25) is 11.7 Å². The molecule has 0 unspecified atom stereocenters. The molecule has 1 N–H and O–H groups in total. The molecule has 1 aliphatic rings. The molecule has 1 saturated heterocycles. The van der Waals surface area contributed by atoms with Crippen molar-refractivity contribution in [3.63, 3.8) is 0 Å². The van der Waals surface area contributed by atoms with Gasteiger partial charge in [-0.15, -0.1) is 11.3 Å². The molecule has 4 rings (SSSR count). The summed E-state index contributed by atoms with van der Waals surface area (Å²) in [7, 11) is 1.59. The number of likely N-dealkylation sites (tertiary alicyclic amines) is 1. The molecule has 1 aliphatic heterocycles. The first-order valence-electron chi connectivity index (χ1n) is 7.80. The van der Waals surface area contributed by atoms with Crippen LogP contribution in [-0.4, -0.2) is 41.3 Å². The lowest BCUT2D eigenvalue weighted by Crippen LogP contribution is -2.50. The number of aromatic nitrogens is 2. The SMILES string of the molecule is COc1cccc(NC(=O)N2CC(c3nc(-c4cccs4)no3)C2)c1. The molecule has 0 spiro atoms. The van der Waals surface area contributed by atoms with Gasteiger partial charge in [0.05, 0.1) is 17.9 Å². The van der Waals surface area contributed by atoms with Crippen molar-refractivity contribution in [3.8, 4) is 16.5 Å². The molecule has 1 fully saturated rings. The molecule has 0 bridgehead atoms. The van der Waals surface area contributed by atoms with Crippen molar-refractivity contribution < 1.29 is 14.1 Å². The lowest BCUT2D eigenvalue weighted by Gasteiger charge is -2.36. The van der Waals surface area contributed by atoms with Crippen molar-refractivity contribution in [3.05, 3.63) is 47.7 Å². The first-order valence-corrected chi connectivity index (χ1v) is 8.68. The molecule has 7 nitrogen and oxygen atoms in total. The highest BCUT2D eigenvalue weighted by Gasteiger charge is 2.35. The van der Waals surface area contributed by atoms with E-state index in [1.165, 1.54) is 0 Å². The van der Waals surface area contributed by atoms with Crippen LogP contribution in [0.25, 0.3) is 10.7 Å². The lowest BCUT2D eigenvalue weighted by molar-refractivity contribution is 0.147. The first kappa shape index (κ1) is 15.6. The van der Waals surface area contributed by atoms with Crippen molar-refractivity contribution in [1.29, 1.82) is 0 Å². The van der Waals surface area contributed by atoms with E-state index in [0.717, 1.165) is 4.88 Å². The number of carbonyl (C=O) groups excluding carboxylic acids is 1. The number of hydrogen-bond donors (Lipinski definition) is 1. The van der Waals surface area contributed by atoms with Gasteiger partial charge in [-0.1, -0.05) is 17.3 Å². The fourth-order valence-electron chi connectivity index (χ4n) is 2.61. The number of ether oxygens (including phenoxy) is 1. The quantitative estimate of drug-likeness (QED) is 0.774. The summed E-state index contributed by atoms with van der Waals surface area (Å²) in [6.45, 7) is 1.11. The Kier molecular flexibility index (Phi) is 4.10. The predicted molar refractivity (Wildman–Crippen MR) is 93.9 cm³/mol. The van der Waals surface area contributed by atoms with E-state index in [9.17, 15) is 4.79 Å². The largest absolute Gasteiger partial charge is 0.497 e. The normalized spacial score (nSPS) is 14.2. The van der Waals surface area contributed by atoms with Crippen molar-refractivity contribution >= 4 is 23.1 Å². The summed E-state index contributed by atoms with van der Waals surface area (Å²) in [5.74, 6) is 1.96. The Morgan fingerprint density at radius 1 is 1.36 bits per heavy atom. The summed E-state index contributed by atoms with van der Waals surface area (Å²) in [5, 5.41) is 8.84. The predicted octanol–water partition coefficient (Wildman–Crippen LogP) is 3.44. The van der Waals surface area contributed by atoms with E-state index >= 15 is 0 Å². The van der Waals surface area contributed by atoms with Crippen LogP contribution in [0.5, 0.6) is 5.75 Å². The van der Waals surface area contributed by atoms with E-state index in [-0.39, 0.29) is 11.9 Å². The van der Waals surface area contributed by atoms with Crippen LogP contribution in [0.3, 0.4) is 0 Å². The van der Waals surface area contributed by atoms with Crippen LogP contribution in [0.2, 0.25) is 0 Å². The molecule has 0 atom stereocenters. The van der Waals surface area contributed by atoms with E-state index < -0.39 is 0 Å². The van der Waals surface area contributed by atoms with Gasteiger partial charge < -0.3 is 19.5 Å². The zero-order chi connectivity index (χ0) is 17.2. The molecular weight excluding hydrogens is 340 g/mol. The van der Waals surface area contributed by atoms with Crippen molar-refractivity contribution in [1.82, 2.24) is 15.0 Å². The highest BCUT2D eigenvalue weighted by atomic mass is 32.1. The van der Waals surface area contributed by atoms with Crippen LogP contribution in [0.1, 0.15) is 11.8 Å². The second-order valence-electron chi connectivity index (χ2n) is 5.70. The van der Waals surface area contributed by atoms with Crippen molar-refractivity contribution in [2.45, 2.75) is 5.92 Å². The van der Waals surface area contributed by atoms with Gasteiger partial charge in [-0.3, -0.25) is 0 Å². The van der Waals surface area contributed by atoms with Crippen molar-refractivity contribution in [2.75, 3.05) is 25.5 Å². The minimum Gasteiger partial charge on any atom is -0.497 e. The maximum Gasteiger partial charge on any atom is 0.321 e. The van der Waals surface area contributed by atoms with Crippen LogP contribution >= 0.6 is 11.3 Å². The molecular formula is C17H16N4O3S. The van der Waals surface area contributed by atoms with Crippen LogP contribution < -0.4 is 10.1 Å². The fraction of sp³-hybridized carbons (Fsp3) is 0.235. The monoisotopic (exact) mass is 356 g/mol. The van der Waals surface area contributed by atoms with Gasteiger partial charge in [-0.05, 0) is 23.6 Å². The molecule has 1 aromatic carbocycles. The number of nitrogens with one attached hydrogen (secondary N) is 1. The standard InChI is InChI=1S/C17H16N4O3S/c1-23-13-5-2-4-12(8-13)18-17(22)21-9-11(10-21)16-19-15(20-24-16)14-6-3-7-25-14/h2-8,11H,9-10H2,1H3,(H,18,22). The molecule has 0 radical (unpaired) electrons. The number of anilines is 1. The van der Waals surface area contributed by atoms with Gasteiger partial charge in [0.15, 0.2) is 0 Å². The third-order valence-electron chi connectivity index (χ3n) is 4.02. The Balaban J connectivity index is 1.34. The van der Waals surface area contributed by atoms with Crippen LogP contribution in [0.4, 0.5) is 10.5 Å². The molecule has 25 heavy (non-hydrogen) atoms. The number of thiophene rings is 1. The minimum atomic E-state index is -0.150. The molecule has 3 heterocycles. The average Bonchev–Trinajstić information content (AvgIpc) is 3.25. The number of rotatable bonds is 4. The Morgan fingerprint density at radius 2 is 2.24 bits per heavy atom. The molecule has 128 valence electrons. The summed E-state index contributed by atoms with van der Waals surface area (Å²) < 4.78 is 10.5. The zero-order valence-electron chi connectivity index (χ0n) is 13.5. The highest BCUT2D eigenvalue weighted by Crippen LogP contribution is 2.29. The van der Waals surface area contributed by atoms with Gasteiger partial charge in [-0.2, -0.15) is 4.98 Å². The molecule has 8 heteroatoms. The summed E-state index contributed by atoms with van der Waals surface area (Å²) in [4.78, 5) is 19.4. The third kappa shape index (κ3) is 3.20. The zero-order valence-corrected chi connectivity index (χ0v) is 14.3. The molecule has 3 aromatic rings. The van der Waals surface area contributed by atoms with Crippen LogP contribution in [-0.2, 0) is 0 Å². The summed E-state index contributed by atoms with van der Waals surface area (Å²) >= 11 is 1.57. The third-order valence-corrected chi connectivity index (χ3v) is 4.89. The molecule has 2 amide bonds. The van der Waals surface area contributed by atoms with Crippen molar-refractivity contribution in [2.24, 2.45) is 0 Å². The smallest absolute Gasteiger partial charge is 0.321 e. The molecule has 0 aliphatic carbocycles. The highest BCUT2D eigenvalue weighted by molar-refractivity contribution is 7.13. The Bertz CT molecular complexity index is 872. The van der Waals surface area contributed by atoms with E-state index in [0.29, 0.717) is 36.2 Å². The second kappa shape index (κ2) is 6.56. The number of urea groups is 1. The summed E-state index contributed by atoms with van der Waals surface area (Å²) in [6, 6.07) is 11.0. The van der Waals surface area contributed by atoms with Gasteiger partial charge in [-0.25, -0.2) is 4.79 Å². The maximum absolute atomic E-state index is 12.3. The Labute approximate surface area is 148 Å². The van der Waals surface area contributed by atoms with Gasteiger partial charge >= 0.3 is 6.03 Å². The lowest BCUT2D eigenvalue weighted by atomic mass is 10.0. The topological polar surface area (TPSA) is 80.5 Å². The number of hydrogen-bond acceptors (Lipinski definition) is 6. The number of benzene rings is 1. The number of amides is 2.